The third-order valence-corrected chi connectivity index (χ3v) is 4.18. The van der Waals surface area contributed by atoms with Crippen LogP contribution in [-0.4, -0.2) is 37.2 Å². The standard InChI is InChI=1S/C15H17N3O2S/c1-11(19)16-13-4-2-12(3-5-13)14-10-21-15(17-14)18-6-8-20-9-7-18/h2-5,10H,6-9H2,1H3,(H,16,19). The van der Waals surface area contributed by atoms with Gasteiger partial charge in [-0.3, -0.25) is 4.79 Å². The first-order valence-corrected chi connectivity index (χ1v) is 7.76. The predicted molar refractivity (Wildman–Crippen MR) is 84.9 cm³/mol. The Labute approximate surface area is 127 Å². The minimum Gasteiger partial charge on any atom is -0.378 e. The van der Waals surface area contributed by atoms with Gasteiger partial charge in [-0.05, 0) is 12.1 Å². The number of morpholine rings is 1. The molecule has 1 fully saturated rings. The van der Waals surface area contributed by atoms with E-state index in [0.717, 1.165) is 48.4 Å². The number of carbonyl (C=O) groups is 1. The summed E-state index contributed by atoms with van der Waals surface area (Å²) >= 11 is 1.66. The average Bonchev–Trinajstić information content (AvgIpc) is 2.98. The summed E-state index contributed by atoms with van der Waals surface area (Å²) in [5.41, 5.74) is 2.82. The molecule has 110 valence electrons. The third kappa shape index (κ3) is 3.40. The van der Waals surface area contributed by atoms with Gasteiger partial charge in [0, 0.05) is 36.6 Å². The molecule has 0 radical (unpaired) electrons. The molecule has 21 heavy (non-hydrogen) atoms. The summed E-state index contributed by atoms with van der Waals surface area (Å²) in [5, 5.41) is 5.87. The van der Waals surface area contributed by atoms with Crippen LogP contribution in [0.5, 0.6) is 0 Å². The van der Waals surface area contributed by atoms with E-state index >= 15 is 0 Å². The van der Waals surface area contributed by atoms with Crippen molar-refractivity contribution in [3.05, 3.63) is 29.6 Å². The molecule has 1 amide bonds. The number of rotatable bonds is 3. The van der Waals surface area contributed by atoms with Crippen molar-refractivity contribution < 1.29 is 9.53 Å². The zero-order valence-corrected chi connectivity index (χ0v) is 12.7. The van der Waals surface area contributed by atoms with E-state index in [-0.39, 0.29) is 5.91 Å². The number of hydrogen-bond donors (Lipinski definition) is 1. The molecule has 1 aromatic carbocycles. The summed E-state index contributed by atoms with van der Waals surface area (Å²) in [6, 6.07) is 7.74. The fourth-order valence-electron chi connectivity index (χ4n) is 2.22. The van der Waals surface area contributed by atoms with E-state index in [1.807, 2.05) is 24.3 Å². The molecule has 1 aliphatic heterocycles. The number of carbonyl (C=O) groups excluding carboxylic acids is 1. The van der Waals surface area contributed by atoms with Crippen molar-refractivity contribution in [3.8, 4) is 11.3 Å². The fraction of sp³-hybridized carbons (Fsp3) is 0.333. The van der Waals surface area contributed by atoms with Crippen molar-refractivity contribution in [1.29, 1.82) is 0 Å². The van der Waals surface area contributed by atoms with E-state index in [1.54, 1.807) is 11.3 Å². The topological polar surface area (TPSA) is 54.5 Å². The number of amides is 1. The zero-order valence-electron chi connectivity index (χ0n) is 11.8. The second-order valence-electron chi connectivity index (χ2n) is 4.87. The minimum atomic E-state index is -0.0639. The fourth-order valence-corrected chi connectivity index (χ4v) is 3.11. The first kappa shape index (κ1) is 14.0. The van der Waals surface area contributed by atoms with Crippen LogP contribution in [0.1, 0.15) is 6.92 Å². The average molecular weight is 303 g/mol. The van der Waals surface area contributed by atoms with E-state index in [4.69, 9.17) is 9.72 Å². The minimum absolute atomic E-state index is 0.0639. The van der Waals surface area contributed by atoms with Gasteiger partial charge in [0.1, 0.15) is 0 Å². The van der Waals surface area contributed by atoms with Gasteiger partial charge in [-0.15, -0.1) is 11.3 Å². The van der Waals surface area contributed by atoms with Crippen LogP contribution in [0.3, 0.4) is 0 Å². The van der Waals surface area contributed by atoms with Crippen molar-refractivity contribution >= 4 is 28.1 Å². The molecule has 5 nitrogen and oxygen atoms in total. The van der Waals surface area contributed by atoms with E-state index in [2.05, 4.69) is 15.6 Å². The quantitative estimate of drug-likeness (QED) is 0.947. The summed E-state index contributed by atoms with van der Waals surface area (Å²) in [7, 11) is 0. The normalized spacial score (nSPS) is 15.0. The highest BCUT2D eigenvalue weighted by Gasteiger charge is 2.15. The summed E-state index contributed by atoms with van der Waals surface area (Å²) in [6.45, 7) is 4.83. The van der Waals surface area contributed by atoms with E-state index < -0.39 is 0 Å². The van der Waals surface area contributed by atoms with Crippen LogP contribution < -0.4 is 10.2 Å². The molecule has 1 aromatic heterocycles. The second kappa shape index (κ2) is 6.24. The SMILES string of the molecule is CC(=O)Nc1ccc(-c2csc(N3CCOCC3)n2)cc1. The highest BCUT2D eigenvalue weighted by molar-refractivity contribution is 7.14. The Kier molecular flexibility index (Phi) is 4.17. The van der Waals surface area contributed by atoms with Crippen LogP contribution in [0.4, 0.5) is 10.8 Å². The first-order chi connectivity index (χ1) is 10.2. The first-order valence-electron chi connectivity index (χ1n) is 6.88. The van der Waals surface area contributed by atoms with Crippen LogP contribution in [0.25, 0.3) is 11.3 Å². The maximum Gasteiger partial charge on any atom is 0.221 e. The maximum atomic E-state index is 11.0. The lowest BCUT2D eigenvalue weighted by Crippen LogP contribution is -2.36. The van der Waals surface area contributed by atoms with Crippen molar-refractivity contribution in [3.63, 3.8) is 0 Å². The van der Waals surface area contributed by atoms with Gasteiger partial charge in [-0.2, -0.15) is 0 Å². The summed E-state index contributed by atoms with van der Waals surface area (Å²) < 4.78 is 5.36. The van der Waals surface area contributed by atoms with Gasteiger partial charge in [0.2, 0.25) is 5.91 Å². The largest absolute Gasteiger partial charge is 0.378 e. The molecule has 1 N–H and O–H groups in total. The van der Waals surface area contributed by atoms with Crippen LogP contribution in [0.2, 0.25) is 0 Å². The third-order valence-electron chi connectivity index (χ3n) is 3.27. The van der Waals surface area contributed by atoms with E-state index in [0.29, 0.717) is 0 Å². The molecule has 0 saturated carbocycles. The smallest absolute Gasteiger partial charge is 0.221 e. The van der Waals surface area contributed by atoms with Gasteiger partial charge < -0.3 is 15.0 Å². The van der Waals surface area contributed by atoms with Gasteiger partial charge in [0.05, 0.1) is 18.9 Å². The molecule has 2 heterocycles. The Morgan fingerprint density at radius 3 is 2.67 bits per heavy atom. The molecule has 0 bridgehead atoms. The number of benzene rings is 1. The Morgan fingerprint density at radius 2 is 2.00 bits per heavy atom. The van der Waals surface area contributed by atoms with Crippen molar-refractivity contribution in [2.24, 2.45) is 0 Å². The van der Waals surface area contributed by atoms with Gasteiger partial charge in [-0.25, -0.2) is 4.98 Å². The Bertz CT molecular complexity index is 618. The van der Waals surface area contributed by atoms with Crippen LogP contribution in [0.15, 0.2) is 29.6 Å². The molecule has 1 saturated heterocycles. The maximum absolute atomic E-state index is 11.0. The van der Waals surface area contributed by atoms with Gasteiger partial charge in [0.25, 0.3) is 0 Å². The number of aromatic nitrogens is 1. The molecule has 0 aliphatic carbocycles. The molecule has 3 rings (SSSR count). The molecule has 0 spiro atoms. The molecule has 2 aromatic rings. The number of nitrogens with zero attached hydrogens (tertiary/aromatic N) is 2. The lowest BCUT2D eigenvalue weighted by atomic mass is 10.1. The molecule has 0 atom stereocenters. The Balaban J connectivity index is 1.74. The second-order valence-corrected chi connectivity index (χ2v) is 5.71. The van der Waals surface area contributed by atoms with Crippen molar-refractivity contribution in [1.82, 2.24) is 4.98 Å². The summed E-state index contributed by atoms with van der Waals surface area (Å²) in [5.74, 6) is -0.0639. The van der Waals surface area contributed by atoms with Gasteiger partial charge in [0.15, 0.2) is 5.13 Å². The lowest BCUT2D eigenvalue weighted by Gasteiger charge is -2.26. The number of ether oxygens (including phenoxy) is 1. The van der Waals surface area contributed by atoms with Crippen molar-refractivity contribution in [2.45, 2.75) is 6.92 Å². The number of thiazole rings is 1. The molecule has 1 aliphatic rings. The van der Waals surface area contributed by atoms with E-state index in [9.17, 15) is 4.79 Å². The van der Waals surface area contributed by atoms with Crippen LogP contribution in [-0.2, 0) is 9.53 Å². The summed E-state index contributed by atoms with van der Waals surface area (Å²) in [4.78, 5) is 18.0. The van der Waals surface area contributed by atoms with Crippen LogP contribution >= 0.6 is 11.3 Å². The molecular weight excluding hydrogens is 286 g/mol. The highest BCUT2D eigenvalue weighted by atomic mass is 32.1. The summed E-state index contributed by atoms with van der Waals surface area (Å²) in [6.07, 6.45) is 0. The Morgan fingerprint density at radius 1 is 1.29 bits per heavy atom. The van der Waals surface area contributed by atoms with Crippen molar-refractivity contribution in [2.75, 3.05) is 36.5 Å². The number of anilines is 2. The highest BCUT2D eigenvalue weighted by Crippen LogP contribution is 2.28. The van der Waals surface area contributed by atoms with Gasteiger partial charge in [-0.1, -0.05) is 12.1 Å². The molecular formula is C15H17N3O2S. The zero-order chi connectivity index (χ0) is 14.7. The lowest BCUT2D eigenvalue weighted by molar-refractivity contribution is -0.114. The molecule has 0 unspecified atom stereocenters. The predicted octanol–water partition coefficient (Wildman–Crippen LogP) is 2.61. The number of hydrogen-bond acceptors (Lipinski definition) is 5. The van der Waals surface area contributed by atoms with Gasteiger partial charge >= 0.3 is 0 Å². The van der Waals surface area contributed by atoms with E-state index in [1.165, 1.54) is 6.92 Å². The molecule has 6 heteroatoms. The number of nitrogens with one attached hydrogen (secondary N) is 1. The van der Waals surface area contributed by atoms with Crippen LogP contribution in [0, 0.1) is 0 Å². The monoisotopic (exact) mass is 303 g/mol. The Hall–Kier alpha value is -1.92.